The molecule has 2 aliphatic rings. The Bertz CT molecular complexity index is 3870. The van der Waals surface area contributed by atoms with Gasteiger partial charge in [0.1, 0.15) is 17.1 Å². The molecule has 4 heteroatoms. The van der Waals surface area contributed by atoms with Crippen LogP contribution in [-0.4, -0.2) is 0 Å². The highest BCUT2D eigenvalue weighted by atomic mass is 16.5. The third-order valence-electron chi connectivity index (χ3n) is 14.5. The molecule has 4 nitrogen and oxygen atoms in total. The number of ether oxygens (including phenoxy) is 1. The zero-order chi connectivity index (χ0) is 46.9. The topological polar surface area (TPSA) is 28.9 Å². The lowest BCUT2D eigenvalue weighted by Crippen LogP contribution is -2.32. The van der Waals surface area contributed by atoms with E-state index in [9.17, 15) is 0 Å². The standard InChI is InChI=1S/C67H44N2O2/c1-3-16-49(17-4-1)68(50-18-5-2-6-19-50)51-38-34-47(35-39-51)45-30-32-46(33-31-45)48-36-40-52(41-37-48)69(62-27-15-23-57-56-22-9-13-28-63(56)71-66(57)62)53-42-43-65-61(44-53)67(60-26-12-14-29-64(60)70-65)58-24-10-7-20-54(58)55-21-8-11-25-59(55)67/h1-44H. The van der Waals surface area contributed by atoms with Crippen molar-refractivity contribution in [2.24, 2.45) is 0 Å². The highest BCUT2D eigenvalue weighted by Gasteiger charge is 2.51. The average molecular weight is 909 g/mol. The lowest BCUT2D eigenvalue weighted by molar-refractivity contribution is 0.436. The van der Waals surface area contributed by atoms with Crippen LogP contribution in [0.15, 0.2) is 271 Å². The van der Waals surface area contributed by atoms with Crippen LogP contribution >= 0.6 is 0 Å². The van der Waals surface area contributed by atoms with Crippen LogP contribution in [0.2, 0.25) is 0 Å². The van der Waals surface area contributed by atoms with Crippen molar-refractivity contribution in [2.75, 3.05) is 9.80 Å². The number of furan rings is 1. The number of hydrogen-bond acceptors (Lipinski definition) is 4. The van der Waals surface area contributed by atoms with E-state index in [1.165, 1.54) is 22.3 Å². The van der Waals surface area contributed by atoms with E-state index in [0.717, 1.165) is 101 Å². The van der Waals surface area contributed by atoms with Gasteiger partial charge >= 0.3 is 0 Å². The predicted octanol–water partition coefficient (Wildman–Crippen LogP) is 18.3. The van der Waals surface area contributed by atoms with Crippen LogP contribution in [0.4, 0.5) is 34.1 Å². The summed E-state index contributed by atoms with van der Waals surface area (Å²) >= 11 is 0. The van der Waals surface area contributed by atoms with E-state index in [4.69, 9.17) is 9.15 Å². The van der Waals surface area contributed by atoms with E-state index in [-0.39, 0.29) is 0 Å². The van der Waals surface area contributed by atoms with Crippen LogP contribution in [0.5, 0.6) is 11.5 Å². The van der Waals surface area contributed by atoms with Crippen LogP contribution in [0.25, 0.3) is 55.3 Å². The fourth-order valence-electron chi connectivity index (χ4n) is 11.4. The first-order valence-corrected chi connectivity index (χ1v) is 24.2. The minimum atomic E-state index is -0.604. The molecule has 334 valence electrons. The molecule has 2 heterocycles. The first-order chi connectivity index (χ1) is 35.2. The van der Waals surface area contributed by atoms with Crippen molar-refractivity contribution in [1.29, 1.82) is 0 Å². The molecule has 0 saturated heterocycles. The third kappa shape index (κ3) is 6.46. The summed E-state index contributed by atoms with van der Waals surface area (Å²) in [4.78, 5) is 4.64. The molecule has 0 atom stereocenters. The Morgan fingerprint density at radius 2 is 0.746 bits per heavy atom. The van der Waals surface area contributed by atoms with Gasteiger partial charge in [-0.1, -0.05) is 182 Å². The average Bonchev–Trinajstić information content (AvgIpc) is 3.97. The lowest BCUT2D eigenvalue weighted by atomic mass is 9.66. The van der Waals surface area contributed by atoms with Crippen molar-refractivity contribution in [2.45, 2.75) is 5.41 Å². The zero-order valence-corrected chi connectivity index (χ0v) is 38.6. The SMILES string of the molecule is c1ccc(N(c2ccccc2)c2ccc(-c3ccc(-c4ccc(N(c5ccc6c(c5)C5(c7ccccc7O6)c6ccccc6-c6ccccc65)c5cccc6c5oc5ccccc56)cc4)cc3)cc2)cc1. The number of rotatable bonds is 8. The number of hydrogen-bond donors (Lipinski definition) is 0. The Balaban J connectivity index is 0.859. The molecule has 1 aliphatic carbocycles. The van der Waals surface area contributed by atoms with Gasteiger partial charge in [0.2, 0.25) is 0 Å². The molecule has 14 rings (SSSR count). The second-order valence-corrected chi connectivity index (χ2v) is 18.4. The van der Waals surface area contributed by atoms with E-state index in [1.807, 2.05) is 6.07 Å². The molecule has 11 aromatic carbocycles. The molecule has 0 saturated carbocycles. The van der Waals surface area contributed by atoms with E-state index < -0.39 is 5.41 Å². The van der Waals surface area contributed by atoms with E-state index in [1.54, 1.807) is 0 Å². The molecule has 0 fully saturated rings. The summed E-state index contributed by atoms with van der Waals surface area (Å²) in [5.41, 5.74) is 19.3. The summed E-state index contributed by atoms with van der Waals surface area (Å²) in [5, 5.41) is 2.17. The first-order valence-electron chi connectivity index (χ1n) is 24.2. The van der Waals surface area contributed by atoms with Crippen molar-refractivity contribution >= 4 is 56.1 Å². The normalized spacial score (nSPS) is 12.7. The molecule has 0 N–H and O–H groups in total. The second kappa shape index (κ2) is 16.4. The highest BCUT2D eigenvalue weighted by molar-refractivity contribution is 6.10. The molecule has 1 aromatic heterocycles. The molecule has 0 radical (unpaired) electrons. The second-order valence-electron chi connectivity index (χ2n) is 18.4. The molecule has 12 aromatic rings. The predicted molar refractivity (Wildman–Crippen MR) is 291 cm³/mol. The molecule has 0 unspecified atom stereocenters. The van der Waals surface area contributed by atoms with E-state index in [2.05, 4.69) is 271 Å². The van der Waals surface area contributed by atoms with Gasteiger partial charge in [0.05, 0.1) is 11.1 Å². The van der Waals surface area contributed by atoms with Gasteiger partial charge in [0, 0.05) is 50.3 Å². The van der Waals surface area contributed by atoms with Gasteiger partial charge in [-0.25, -0.2) is 0 Å². The van der Waals surface area contributed by atoms with Gasteiger partial charge in [0.15, 0.2) is 5.58 Å². The zero-order valence-electron chi connectivity index (χ0n) is 38.6. The molecule has 1 aliphatic heterocycles. The number of para-hydroxylation sites is 5. The maximum atomic E-state index is 6.86. The van der Waals surface area contributed by atoms with Gasteiger partial charge < -0.3 is 19.0 Å². The fraction of sp³-hybridized carbons (Fsp3) is 0.0149. The first kappa shape index (κ1) is 40.7. The summed E-state index contributed by atoms with van der Waals surface area (Å²) in [6, 6.07) is 95.5. The molecular formula is C67H44N2O2. The minimum Gasteiger partial charge on any atom is -0.457 e. The van der Waals surface area contributed by atoms with E-state index in [0.29, 0.717) is 0 Å². The Morgan fingerprint density at radius 1 is 0.296 bits per heavy atom. The van der Waals surface area contributed by atoms with Gasteiger partial charge in [-0.3, -0.25) is 0 Å². The Labute approximate surface area is 412 Å². The van der Waals surface area contributed by atoms with Crippen molar-refractivity contribution in [3.63, 3.8) is 0 Å². The Kier molecular flexibility index (Phi) is 9.39. The van der Waals surface area contributed by atoms with Gasteiger partial charge in [-0.2, -0.15) is 0 Å². The maximum absolute atomic E-state index is 6.86. The number of fused-ring (bicyclic) bond motifs is 12. The smallest absolute Gasteiger partial charge is 0.159 e. The Hall–Kier alpha value is -9.38. The fourth-order valence-corrected chi connectivity index (χ4v) is 11.4. The largest absolute Gasteiger partial charge is 0.457 e. The number of benzene rings is 11. The number of nitrogens with zero attached hydrogens (tertiary/aromatic N) is 2. The summed E-state index contributed by atoms with van der Waals surface area (Å²) in [6.45, 7) is 0. The van der Waals surface area contributed by atoms with Crippen molar-refractivity contribution in [3.05, 3.63) is 289 Å². The van der Waals surface area contributed by atoms with Crippen LogP contribution in [0.3, 0.4) is 0 Å². The van der Waals surface area contributed by atoms with Crippen LogP contribution in [0, 0.1) is 0 Å². The van der Waals surface area contributed by atoms with Gasteiger partial charge in [0.25, 0.3) is 0 Å². The molecule has 71 heavy (non-hydrogen) atoms. The summed E-state index contributed by atoms with van der Waals surface area (Å²) < 4.78 is 13.6. The summed E-state index contributed by atoms with van der Waals surface area (Å²) in [7, 11) is 0. The quantitative estimate of drug-likeness (QED) is 0.152. The van der Waals surface area contributed by atoms with Gasteiger partial charge in [-0.15, -0.1) is 0 Å². The van der Waals surface area contributed by atoms with Crippen molar-refractivity contribution in [3.8, 4) is 44.9 Å². The maximum Gasteiger partial charge on any atom is 0.159 e. The molecule has 1 spiro atoms. The van der Waals surface area contributed by atoms with E-state index >= 15 is 0 Å². The van der Waals surface area contributed by atoms with Gasteiger partial charge in [-0.05, 0) is 129 Å². The highest BCUT2D eigenvalue weighted by Crippen LogP contribution is 2.62. The minimum absolute atomic E-state index is 0.604. The Morgan fingerprint density at radius 3 is 1.37 bits per heavy atom. The monoisotopic (exact) mass is 908 g/mol. The van der Waals surface area contributed by atoms with Crippen LogP contribution < -0.4 is 14.5 Å². The molecule has 0 amide bonds. The third-order valence-corrected chi connectivity index (χ3v) is 14.5. The molecular weight excluding hydrogens is 865 g/mol. The molecule has 0 bridgehead atoms. The summed E-state index contributed by atoms with van der Waals surface area (Å²) in [5.74, 6) is 1.72. The summed E-state index contributed by atoms with van der Waals surface area (Å²) in [6.07, 6.45) is 0. The number of anilines is 6. The van der Waals surface area contributed by atoms with Crippen LogP contribution in [0.1, 0.15) is 22.3 Å². The van der Waals surface area contributed by atoms with Crippen LogP contribution in [-0.2, 0) is 5.41 Å². The van der Waals surface area contributed by atoms with Crippen molar-refractivity contribution in [1.82, 2.24) is 0 Å². The lowest BCUT2D eigenvalue weighted by Gasteiger charge is -2.40. The van der Waals surface area contributed by atoms with Crippen molar-refractivity contribution < 1.29 is 9.15 Å².